The van der Waals surface area contributed by atoms with E-state index in [2.05, 4.69) is 16.9 Å². The molecule has 0 aromatic carbocycles. The highest BCUT2D eigenvalue weighted by Crippen LogP contribution is 2.11. The predicted octanol–water partition coefficient (Wildman–Crippen LogP) is 1.64. The zero-order valence-electron chi connectivity index (χ0n) is 5.60. The van der Waals surface area contributed by atoms with Crippen molar-refractivity contribution < 1.29 is 0 Å². The van der Waals surface area contributed by atoms with E-state index in [9.17, 15) is 0 Å². The maximum absolute atomic E-state index is 5.78. The highest BCUT2D eigenvalue weighted by Gasteiger charge is 2.02. The van der Waals surface area contributed by atoms with Crippen molar-refractivity contribution in [2.24, 2.45) is 4.99 Å². The van der Waals surface area contributed by atoms with Crippen molar-refractivity contribution in [2.45, 2.75) is 6.42 Å². The molecule has 54 valence electrons. The second kappa shape index (κ2) is 3.42. The molecule has 0 aliphatic carbocycles. The van der Waals surface area contributed by atoms with Gasteiger partial charge in [0.2, 0.25) is 0 Å². The van der Waals surface area contributed by atoms with Gasteiger partial charge in [0, 0.05) is 18.3 Å². The summed E-state index contributed by atoms with van der Waals surface area (Å²) in [6.07, 6.45) is 4.26. The van der Waals surface area contributed by atoms with Crippen LogP contribution in [0.15, 0.2) is 28.4 Å². The number of rotatable bonds is 2. The molecule has 1 aliphatic rings. The minimum atomic E-state index is 0.624. The Morgan fingerprint density at radius 2 is 2.70 bits per heavy atom. The third kappa shape index (κ3) is 1.61. The van der Waals surface area contributed by atoms with E-state index in [0.717, 1.165) is 12.1 Å². The van der Waals surface area contributed by atoms with Gasteiger partial charge >= 0.3 is 0 Å². The van der Waals surface area contributed by atoms with E-state index in [1.165, 1.54) is 0 Å². The molecule has 0 aromatic heterocycles. The van der Waals surface area contributed by atoms with Gasteiger partial charge in [0.25, 0.3) is 0 Å². The third-order valence-corrected chi connectivity index (χ3v) is 1.55. The SMILES string of the molecule is C=CCC1=C(Cl)C=NCN1. The van der Waals surface area contributed by atoms with Crippen molar-refractivity contribution in [3.8, 4) is 0 Å². The maximum Gasteiger partial charge on any atom is 0.107 e. The molecule has 1 N–H and O–H groups in total. The fourth-order valence-corrected chi connectivity index (χ4v) is 0.956. The molecule has 1 rings (SSSR count). The molecule has 0 radical (unpaired) electrons. The van der Waals surface area contributed by atoms with E-state index in [-0.39, 0.29) is 0 Å². The Morgan fingerprint density at radius 3 is 3.30 bits per heavy atom. The molecule has 0 bridgehead atoms. The lowest BCUT2D eigenvalue weighted by atomic mass is 10.3. The number of halogens is 1. The van der Waals surface area contributed by atoms with Gasteiger partial charge in [-0.3, -0.25) is 4.99 Å². The van der Waals surface area contributed by atoms with E-state index in [1.807, 2.05) is 6.08 Å². The Labute approximate surface area is 65.3 Å². The van der Waals surface area contributed by atoms with Gasteiger partial charge in [-0.2, -0.15) is 0 Å². The van der Waals surface area contributed by atoms with Crippen molar-refractivity contribution in [2.75, 3.05) is 6.67 Å². The van der Waals surface area contributed by atoms with Crippen LogP contribution in [0.1, 0.15) is 6.42 Å². The second-order valence-corrected chi connectivity index (χ2v) is 2.37. The van der Waals surface area contributed by atoms with Crippen molar-refractivity contribution in [1.82, 2.24) is 5.32 Å². The number of allylic oxidation sites excluding steroid dienone is 2. The molecule has 10 heavy (non-hydrogen) atoms. The molecular formula is C7H9ClN2. The Kier molecular flexibility index (Phi) is 2.51. The van der Waals surface area contributed by atoms with Gasteiger partial charge < -0.3 is 5.32 Å². The summed E-state index contributed by atoms with van der Waals surface area (Å²) in [6.45, 7) is 4.24. The van der Waals surface area contributed by atoms with Crippen LogP contribution >= 0.6 is 11.6 Å². The summed E-state index contributed by atoms with van der Waals surface area (Å²) in [5.41, 5.74) is 1.01. The van der Waals surface area contributed by atoms with E-state index in [1.54, 1.807) is 6.21 Å². The Morgan fingerprint density at radius 1 is 1.90 bits per heavy atom. The summed E-state index contributed by atoms with van der Waals surface area (Å²) in [5, 5.41) is 3.73. The van der Waals surface area contributed by atoms with Crippen molar-refractivity contribution in [3.63, 3.8) is 0 Å². The van der Waals surface area contributed by atoms with Crippen LogP contribution in [-0.2, 0) is 0 Å². The fraction of sp³-hybridized carbons (Fsp3) is 0.286. The van der Waals surface area contributed by atoms with Gasteiger partial charge in [0.15, 0.2) is 0 Å². The van der Waals surface area contributed by atoms with Crippen LogP contribution in [0, 0.1) is 0 Å². The summed E-state index contributed by atoms with van der Waals surface area (Å²) >= 11 is 5.78. The first-order valence-electron chi connectivity index (χ1n) is 3.08. The largest absolute Gasteiger partial charge is 0.368 e. The van der Waals surface area contributed by atoms with Crippen LogP contribution in [0.2, 0.25) is 0 Å². The lowest BCUT2D eigenvalue weighted by molar-refractivity contribution is 0.795. The molecule has 0 fully saturated rings. The van der Waals surface area contributed by atoms with Gasteiger partial charge in [-0.25, -0.2) is 0 Å². The Hall–Kier alpha value is -0.760. The number of hydrogen-bond donors (Lipinski definition) is 1. The molecule has 0 unspecified atom stereocenters. The molecular weight excluding hydrogens is 148 g/mol. The van der Waals surface area contributed by atoms with E-state index < -0.39 is 0 Å². The molecule has 0 atom stereocenters. The van der Waals surface area contributed by atoms with Crippen molar-refractivity contribution >= 4 is 17.8 Å². The Bertz CT molecular complexity index is 194. The molecule has 0 saturated heterocycles. The zero-order valence-corrected chi connectivity index (χ0v) is 6.36. The minimum Gasteiger partial charge on any atom is -0.368 e. The van der Waals surface area contributed by atoms with Crippen molar-refractivity contribution in [3.05, 3.63) is 23.4 Å². The standard InChI is InChI=1S/C7H9ClN2/c1-2-3-7-6(8)4-9-5-10-7/h2,4,10H,1,3,5H2. The quantitative estimate of drug-likeness (QED) is 0.604. The maximum atomic E-state index is 5.78. The minimum absolute atomic E-state index is 0.624. The summed E-state index contributed by atoms with van der Waals surface area (Å²) in [7, 11) is 0. The second-order valence-electron chi connectivity index (χ2n) is 1.97. The Balaban J connectivity index is 2.68. The first kappa shape index (κ1) is 7.35. The third-order valence-electron chi connectivity index (χ3n) is 1.23. The van der Waals surface area contributed by atoms with Crippen molar-refractivity contribution in [1.29, 1.82) is 0 Å². The molecule has 0 spiro atoms. The molecule has 0 aromatic rings. The normalized spacial score (nSPS) is 16.9. The fourth-order valence-electron chi connectivity index (χ4n) is 0.743. The summed E-state index contributed by atoms with van der Waals surface area (Å²) < 4.78 is 0. The van der Waals surface area contributed by atoms with Gasteiger partial charge in [-0.15, -0.1) is 6.58 Å². The molecule has 0 saturated carbocycles. The zero-order chi connectivity index (χ0) is 7.40. The van der Waals surface area contributed by atoms with Gasteiger partial charge in [-0.05, 0) is 0 Å². The van der Waals surface area contributed by atoms with Crippen LogP contribution in [0.25, 0.3) is 0 Å². The van der Waals surface area contributed by atoms with Crippen LogP contribution in [0.4, 0.5) is 0 Å². The van der Waals surface area contributed by atoms with E-state index >= 15 is 0 Å². The summed E-state index contributed by atoms with van der Waals surface area (Å²) in [6, 6.07) is 0. The molecule has 1 heterocycles. The highest BCUT2D eigenvalue weighted by molar-refractivity contribution is 6.39. The lowest BCUT2D eigenvalue weighted by Crippen LogP contribution is -2.18. The summed E-state index contributed by atoms with van der Waals surface area (Å²) in [5.74, 6) is 0. The average molecular weight is 157 g/mol. The number of nitrogens with one attached hydrogen (secondary N) is 1. The average Bonchev–Trinajstić information content (AvgIpc) is 1.94. The van der Waals surface area contributed by atoms with E-state index in [0.29, 0.717) is 11.7 Å². The van der Waals surface area contributed by atoms with Gasteiger partial charge in [-0.1, -0.05) is 17.7 Å². The van der Waals surface area contributed by atoms with E-state index in [4.69, 9.17) is 11.6 Å². The molecule has 1 aliphatic heterocycles. The first-order chi connectivity index (χ1) is 4.84. The van der Waals surface area contributed by atoms with Gasteiger partial charge in [0.1, 0.15) is 6.67 Å². The van der Waals surface area contributed by atoms with Crippen LogP contribution in [0.5, 0.6) is 0 Å². The summed E-state index contributed by atoms with van der Waals surface area (Å²) in [4.78, 5) is 3.93. The van der Waals surface area contributed by atoms with Crippen LogP contribution in [0.3, 0.4) is 0 Å². The van der Waals surface area contributed by atoms with Crippen LogP contribution in [-0.4, -0.2) is 12.9 Å². The molecule has 3 heteroatoms. The predicted molar refractivity (Wildman–Crippen MR) is 44.2 cm³/mol. The lowest BCUT2D eigenvalue weighted by Gasteiger charge is -2.11. The number of hydrogen-bond acceptors (Lipinski definition) is 2. The number of nitrogens with zero attached hydrogens (tertiary/aromatic N) is 1. The smallest absolute Gasteiger partial charge is 0.107 e. The van der Waals surface area contributed by atoms with Gasteiger partial charge in [0.05, 0.1) is 5.03 Å². The number of aliphatic imine (C=N–C) groups is 1. The molecule has 0 amide bonds. The monoisotopic (exact) mass is 156 g/mol. The molecule has 2 nitrogen and oxygen atoms in total. The topological polar surface area (TPSA) is 24.4 Å². The highest BCUT2D eigenvalue weighted by atomic mass is 35.5. The first-order valence-corrected chi connectivity index (χ1v) is 3.45. The van der Waals surface area contributed by atoms with Crippen LogP contribution < -0.4 is 5.32 Å².